The molecule has 6 nitrogen and oxygen atoms in total. The Kier molecular flexibility index (Phi) is 5.68. The van der Waals surface area contributed by atoms with Crippen molar-refractivity contribution in [3.05, 3.63) is 29.3 Å². The topological polar surface area (TPSA) is 85.6 Å². The lowest BCUT2D eigenvalue weighted by Gasteiger charge is -2.25. The van der Waals surface area contributed by atoms with Gasteiger partial charge in [0.1, 0.15) is 5.60 Å². The molecule has 24 heavy (non-hydrogen) atoms. The number of ether oxygens (including phenoxy) is 2. The largest absolute Gasteiger partial charge is 0.416 e. The Labute approximate surface area is 137 Å². The molecule has 1 aromatic rings. The van der Waals surface area contributed by atoms with E-state index in [0.29, 0.717) is 19.6 Å². The van der Waals surface area contributed by atoms with Gasteiger partial charge in [-0.3, -0.25) is 0 Å². The van der Waals surface area contributed by atoms with Crippen molar-refractivity contribution in [1.82, 2.24) is 5.32 Å². The van der Waals surface area contributed by atoms with Gasteiger partial charge in [-0.1, -0.05) is 0 Å². The van der Waals surface area contributed by atoms with Crippen molar-refractivity contribution in [1.29, 1.82) is 0 Å². The first-order valence-electron chi connectivity index (χ1n) is 7.37. The second-order valence-electron chi connectivity index (χ2n) is 5.62. The van der Waals surface area contributed by atoms with Gasteiger partial charge in [-0.05, 0) is 23.8 Å². The first-order valence-corrected chi connectivity index (χ1v) is 7.37. The van der Waals surface area contributed by atoms with Gasteiger partial charge in [0.25, 0.3) is 0 Å². The molecule has 0 aliphatic carbocycles. The summed E-state index contributed by atoms with van der Waals surface area (Å²) in [6.07, 6.45) is -3.88. The maximum Gasteiger partial charge on any atom is 0.416 e. The number of nitrogens with one attached hydrogen (secondary N) is 2. The quantitative estimate of drug-likeness (QED) is 0.761. The normalized spacial score (nSPS) is 20.9. The minimum Gasteiger partial charge on any atom is -0.378 e. The molecule has 2 rings (SSSR count). The Hall–Kier alpha value is -1.84. The Morgan fingerprint density at radius 3 is 2.71 bits per heavy atom. The zero-order chi connectivity index (χ0) is 17.8. The third-order valence-electron chi connectivity index (χ3n) is 3.88. The van der Waals surface area contributed by atoms with Gasteiger partial charge in [-0.15, -0.1) is 0 Å². The molecular formula is C15H20F3N3O3. The van der Waals surface area contributed by atoms with Gasteiger partial charge in [0, 0.05) is 32.4 Å². The van der Waals surface area contributed by atoms with E-state index < -0.39 is 23.4 Å². The van der Waals surface area contributed by atoms with Gasteiger partial charge < -0.3 is 25.8 Å². The van der Waals surface area contributed by atoms with E-state index in [0.717, 1.165) is 12.1 Å². The van der Waals surface area contributed by atoms with Crippen LogP contribution < -0.4 is 16.4 Å². The van der Waals surface area contributed by atoms with Gasteiger partial charge in [0.15, 0.2) is 0 Å². The zero-order valence-corrected chi connectivity index (χ0v) is 13.2. The molecule has 0 bridgehead atoms. The highest BCUT2D eigenvalue weighted by atomic mass is 19.4. The van der Waals surface area contributed by atoms with Crippen molar-refractivity contribution >= 4 is 11.7 Å². The maximum absolute atomic E-state index is 12.9. The lowest BCUT2D eigenvalue weighted by atomic mass is 10.0. The number of nitrogens with two attached hydrogens (primary N) is 1. The highest BCUT2D eigenvalue weighted by Gasteiger charge is 2.35. The number of carbonyl (C=O) groups excluding carboxylic acids is 1. The molecule has 1 heterocycles. The summed E-state index contributed by atoms with van der Waals surface area (Å²) >= 11 is 0. The van der Waals surface area contributed by atoms with E-state index in [9.17, 15) is 18.0 Å². The SMILES string of the molecule is COC1(CNC(=O)Nc2cc(CN)cc(C(F)(F)F)c2)CCOC1. The van der Waals surface area contributed by atoms with Gasteiger partial charge in [0.05, 0.1) is 18.7 Å². The summed E-state index contributed by atoms with van der Waals surface area (Å²) < 4.78 is 49.2. The van der Waals surface area contributed by atoms with E-state index in [1.807, 2.05) is 0 Å². The summed E-state index contributed by atoms with van der Waals surface area (Å²) in [5.74, 6) is 0. The summed E-state index contributed by atoms with van der Waals surface area (Å²) in [6.45, 7) is 1.01. The average Bonchev–Trinajstić information content (AvgIpc) is 3.01. The summed E-state index contributed by atoms with van der Waals surface area (Å²) in [5, 5.41) is 4.99. The number of hydrogen-bond acceptors (Lipinski definition) is 4. The fourth-order valence-electron chi connectivity index (χ4n) is 2.42. The molecule has 1 aliphatic rings. The molecule has 1 fully saturated rings. The molecule has 0 spiro atoms. The van der Waals surface area contributed by atoms with Crippen LogP contribution in [0.5, 0.6) is 0 Å². The lowest BCUT2D eigenvalue weighted by molar-refractivity contribution is -0.137. The second kappa shape index (κ2) is 7.37. The second-order valence-corrected chi connectivity index (χ2v) is 5.62. The van der Waals surface area contributed by atoms with Crippen molar-refractivity contribution in [2.45, 2.75) is 24.7 Å². The summed E-state index contributed by atoms with van der Waals surface area (Å²) in [4.78, 5) is 12.0. The van der Waals surface area contributed by atoms with E-state index in [-0.39, 0.29) is 24.3 Å². The molecular weight excluding hydrogens is 327 g/mol. The molecule has 1 unspecified atom stereocenters. The average molecular weight is 347 g/mol. The van der Waals surface area contributed by atoms with Gasteiger partial charge in [-0.25, -0.2) is 4.79 Å². The molecule has 4 N–H and O–H groups in total. The first-order chi connectivity index (χ1) is 11.3. The van der Waals surface area contributed by atoms with Crippen LogP contribution in [-0.2, 0) is 22.2 Å². The molecule has 134 valence electrons. The van der Waals surface area contributed by atoms with Crippen LogP contribution in [-0.4, -0.2) is 38.5 Å². The van der Waals surface area contributed by atoms with Gasteiger partial charge >= 0.3 is 12.2 Å². The fraction of sp³-hybridized carbons (Fsp3) is 0.533. The van der Waals surface area contributed by atoms with Crippen molar-refractivity contribution < 1.29 is 27.4 Å². The maximum atomic E-state index is 12.9. The molecule has 0 radical (unpaired) electrons. The first kappa shape index (κ1) is 18.5. The Morgan fingerprint density at radius 1 is 1.42 bits per heavy atom. The van der Waals surface area contributed by atoms with Crippen LogP contribution in [0.15, 0.2) is 18.2 Å². The van der Waals surface area contributed by atoms with Crippen LogP contribution in [0, 0.1) is 0 Å². The Morgan fingerprint density at radius 2 is 2.17 bits per heavy atom. The number of urea groups is 1. The van der Waals surface area contributed by atoms with Gasteiger partial charge in [0.2, 0.25) is 0 Å². The van der Waals surface area contributed by atoms with Crippen LogP contribution >= 0.6 is 0 Å². The van der Waals surface area contributed by atoms with Crippen LogP contribution in [0.2, 0.25) is 0 Å². The highest BCUT2D eigenvalue weighted by molar-refractivity contribution is 5.89. The number of anilines is 1. The number of hydrogen-bond donors (Lipinski definition) is 3. The summed E-state index contributed by atoms with van der Waals surface area (Å²) in [5.41, 5.74) is 4.25. The lowest BCUT2D eigenvalue weighted by Crippen LogP contribution is -2.46. The fourth-order valence-corrected chi connectivity index (χ4v) is 2.42. The van der Waals surface area contributed by atoms with Crippen LogP contribution in [0.25, 0.3) is 0 Å². The predicted octanol–water partition coefficient (Wildman–Crippen LogP) is 2.09. The zero-order valence-electron chi connectivity index (χ0n) is 13.2. The predicted molar refractivity (Wildman–Crippen MR) is 81.5 cm³/mol. The van der Waals surface area contributed by atoms with E-state index in [2.05, 4.69) is 10.6 Å². The van der Waals surface area contributed by atoms with E-state index in [1.165, 1.54) is 13.2 Å². The minimum absolute atomic E-state index is 0.0249. The van der Waals surface area contributed by atoms with Crippen LogP contribution in [0.1, 0.15) is 17.5 Å². The number of benzene rings is 1. The van der Waals surface area contributed by atoms with Crippen molar-refractivity contribution in [3.8, 4) is 0 Å². The highest BCUT2D eigenvalue weighted by Crippen LogP contribution is 2.32. The monoisotopic (exact) mass is 347 g/mol. The summed E-state index contributed by atoms with van der Waals surface area (Å²) in [7, 11) is 1.52. The van der Waals surface area contributed by atoms with E-state index in [1.54, 1.807) is 0 Å². The number of alkyl halides is 3. The Balaban J connectivity index is 2.03. The molecule has 1 aromatic carbocycles. The third kappa shape index (κ3) is 4.59. The standard InChI is InChI=1S/C15H20F3N3O3/c1-23-14(2-3-24-9-14)8-20-13(22)21-12-5-10(7-19)4-11(6-12)15(16,17)18/h4-6H,2-3,7-9,19H2,1H3,(H2,20,21,22). The van der Waals surface area contributed by atoms with Crippen molar-refractivity contribution in [2.24, 2.45) is 5.73 Å². The number of carbonyl (C=O) groups is 1. The molecule has 1 atom stereocenters. The van der Waals surface area contributed by atoms with Gasteiger partial charge in [-0.2, -0.15) is 13.2 Å². The molecule has 2 amide bonds. The third-order valence-corrected chi connectivity index (χ3v) is 3.88. The molecule has 1 saturated heterocycles. The molecule has 1 aliphatic heterocycles. The molecule has 0 aromatic heterocycles. The van der Waals surface area contributed by atoms with Crippen LogP contribution in [0.3, 0.4) is 0 Å². The Bertz CT molecular complexity index is 587. The van der Waals surface area contributed by atoms with Crippen molar-refractivity contribution in [2.75, 3.05) is 32.2 Å². The van der Waals surface area contributed by atoms with Crippen LogP contribution in [0.4, 0.5) is 23.7 Å². The minimum atomic E-state index is -4.51. The number of halogens is 3. The number of amides is 2. The van der Waals surface area contributed by atoms with E-state index in [4.69, 9.17) is 15.2 Å². The van der Waals surface area contributed by atoms with E-state index >= 15 is 0 Å². The molecule has 9 heteroatoms. The summed E-state index contributed by atoms with van der Waals surface area (Å²) in [6, 6.07) is 2.60. The molecule has 0 saturated carbocycles. The number of rotatable bonds is 5. The number of methoxy groups -OCH3 is 1. The smallest absolute Gasteiger partial charge is 0.378 e. The van der Waals surface area contributed by atoms with Crippen molar-refractivity contribution in [3.63, 3.8) is 0 Å².